The molecule has 176 valence electrons. The molecular formula is C23H36N6O3. The molecule has 2 aliphatic heterocycles. The van der Waals surface area contributed by atoms with E-state index in [4.69, 9.17) is 4.74 Å². The first-order valence-corrected chi connectivity index (χ1v) is 11.4. The number of likely N-dealkylation sites (N-methyl/N-ethyl adjacent to an activating group) is 1. The van der Waals surface area contributed by atoms with Gasteiger partial charge >= 0.3 is 0 Å². The standard InChI is InChI=1S/C23H36N6O3/c1-26(2)21(30)18-25-23(24-9-8-20-6-4-3-5-7-20)29-12-10-27(11-13-29)19-22(31)28-14-16-32-17-15-28/h3-7H,8-19H2,1-2H3,(H,24,25). The molecular weight excluding hydrogens is 408 g/mol. The molecule has 2 fully saturated rings. The summed E-state index contributed by atoms with van der Waals surface area (Å²) in [4.78, 5) is 37.0. The Labute approximate surface area is 191 Å². The molecule has 1 aromatic carbocycles. The zero-order chi connectivity index (χ0) is 22.8. The number of hydrogen-bond acceptors (Lipinski definition) is 5. The van der Waals surface area contributed by atoms with Crippen LogP contribution in [0, 0.1) is 0 Å². The molecule has 0 atom stereocenters. The van der Waals surface area contributed by atoms with Crippen molar-refractivity contribution in [3.8, 4) is 0 Å². The van der Waals surface area contributed by atoms with Crippen LogP contribution < -0.4 is 5.32 Å². The molecule has 1 N–H and O–H groups in total. The van der Waals surface area contributed by atoms with Crippen LogP contribution in [-0.4, -0.2) is 124 Å². The van der Waals surface area contributed by atoms with Gasteiger partial charge in [0, 0.05) is 59.9 Å². The van der Waals surface area contributed by atoms with E-state index in [1.807, 2.05) is 23.1 Å². The molecule has 9 nitrogen and oxygen atoms in total. The number of rotatable bonds is 7. The van der Waals surface area contributed by atoms with E-state index in [0.29, 0.717) is 32.8 Å². The van der Waals surface area contributed by atoms with E-state index in [2.05, 4.69) is 32.2 Å². The zero-order valence-electron chi connectivity index (χ0n) is 19.3. The van der Waals surface area contributed by atoms with Gasteiger partial charge in [0.15, 0.2) is 5.96 Å². The lowest BCUT2D eigenvalue weighted by molar-refractivity contribution is -0.136. The van der Waals surface area contributed by atoms with Gasteiger partial charge in [-0.1, -0.05) is 30.3 Å². The van der Waals surface area contributed by atoms with Crippen LogP contribution in [0.1, 0.15) is 5.56 Å². The second-order valence-corrected chi connectivity index (χ2v) is 8.35. The largest absolute Gasteiger partial charge is 0.378 e. The van der Waals surface area contributed by atoms with Crippen molar-refractivity contribution in [1.29, 1.82) is 0 Å². The summed E-state index contributed by atoms with van der Waals surface area (Å²) in [5, 5.41) is 3.44. The predicted molar refractivity (Wildman–Crippen MR) is 125 cm³/mol. The second kappa shape index (κ2) is 12.4. The highest BCUT2D eigenvalue weighted by atomic mass is 16.5. The third-order valence-corrected chi connectivity index (χ3v) is 5.80. The molecule has 0 radical (unpaired) electrons. The van der Waals surface area contributed by atoms with E-state index in [-0.39, 0.29) is 18.4 Å². The Hall–Kier alpha value is -2.65. The number of benzene rings is 1. The SMILES string of the molecule is CN(C)C(=O)CN=C(NCCc1ccccc1)N1CCN(CC(=O)N2CCOCC2)CC1. The molecule has 0 aromatic heterocycles. The average Bonchev–Trinajstić information content (AvgIpc) is 2.82. The predicted octanol–water partition coefficient (Wildman–Crippen LogP) is -0.261. The quantitative estimate of drug-likeness (QED) is 0.461. The van der Waals surface area contributed by atoms with E-state index < -0.39 is 0 Å². The van der Waals surface area contributed by atoms with Crippen molar-refractivity contribution in [3.05, 3.63) is 35.9 Å². The van der Waals surface area contributed by atoms with Crippen molar-refractivity contribution < 1.29 is 14.3 Å². The Morgan fingerprint density at radius 2 is 1.69 bits per heavy atom. The van der Waals surface area contributed by atoms with Crippen molar-refractivity contribution >= 4 is 17.8 Å². The number of nitrogens with one attached hydrogen (secondary N) is 1. The first-order chi connectivity index (χ1) is 15.5. The highest BCUT2D eigenvalue weighted by Crippen LogP contribution is 2.06. The van der Waals surface area contributed by atoms with Crippen LogP contribution in [0.2, 0.25) is 0 Å². The molecule has 2 amide bonds. The molecule has 0 bridgehead atoms. The fourth-order valence-corrected chi connectivity index (χ4v) is 3.74. The Morgan fingerprint density at radius 1 is 1.00 bits per heavy atom. The smallest absolute Gasteiger partial charge is 0.243 e. The Bertz CT molecular complexity index is 756. The molecule has 0 spiro atoms. The van der Waals surface area contributed by atoms with E-state index in [1.54, 1.807) is 19.0 Å². The fraction of sp³-hybridized carbons (Fsp3) is 0.609. The molecule has 0 saturated carbocycles. The van der Waals surface area contributed by atoms with Crippen LogP contribution in [0.15, 0.2) is 35.3 Å². The van der Waals surface area contributed by atoms with Crippen molar-refractivity contribution in [2.45, 2.75) is 6.42 Å². The zero-order valence-corrected chi connectivity index (χ0v) is 19.3. The third kappa shape index (κ3) is 7.49. The Kier molecular flexibility index (Phi) is 9.30. The summed E-state index contributed by atoms with van der Waals surface area (Å²) in [6.07, 6.45) is 0.884. The van der Waals surface area contributed by atoms with E-state index in [0.717, 1.165) is 45.1 Å². The third-order valence-electron chi connectivity index (χ3n) is 5.80. The van der Waals surface area contributed by atoms with E-state index in [1.165, 1.54) is 5.56 Å². The van der Waals surface area contributed by atoms with Crippen LogP contribution in [0.4, 0.5) is 0 Å². The molecule has 1 aromatic rings. The van der Waals surface area contributed by atoms with Gasteiger partial charge in [0.05, 0.1) is 19.8 Å². The second-order valence-electron chi connectivity index (χ2n) is 8.35. The molecule has 0 aliphatic carbocycles. The van der Waals surface area contributed by atoms with Gasteiger partial charge in [-0.3, -0.25) is 14.5 Å². The highest BCUT2D eigenvalue weighted by Gasteiger charge is 2.24. The topological polar surface area (TPSA) is 80.7 Å². The summed E-state index contributed by atoms with van der Waals surface area (Å²) in [5.41, 5.74) is 1.26. The molecule has 2 saturated heterocycles. The van der Waals surface area contributed by atoms with Gasteiger partial charge in [-0.2, -0.15) is 0 Å². The van der Waals surface area contributed by atoms with Crippen LogP contribution in [0.3, 0.4) is 0 Å². The number of carbonyl (C=O) groups excluding carboxylic acids is 2. The minimum atomic E-state index is -0.0258. The minimum Gasteiger partial charge on any atom is -0.378 e. The van der Waals surface area contributed by atoms with Gasteiger partial charge in [0.2, 0.25) is 11.8 Å². The van der Waals surface area contributed by atoms with Gasteiger partial charge in [-0.25, -0.2) is 4.99 Å². The molecule has 2 heterocycles. The number of ether oxygens (including phenoxy) is 1. The van der Waals surface area contributed by atoms with Crippen LogP contribution >= 0.6 is 0 Å². The van der Waals surface area contributed by atoms with Gasteiger partial charge in [-0.05, 0) is 12.0 Å². The van der Waals surface area contributed by atoms with Gasteiger partial charge in [0.25, 0.3) is 0 Å². The van der Waals surface area contributed by atoms with Crippen molar-refractivity contribution in [3.63, 3.8) is 0 Å². The van der Waals surface area contributed by atoms with E-state index in [9.17, 15) is 9.59 Å². The summed E-state index contributed by atoms with van der Waals surface area (Å²) < 4.78 is 5.33. The maximum absolute atomic E-state index is 12.5. The maximum Gasteiger partial charge on any atom is 0.243 e. The van der Waals surface area contributed by atoms with Crippen LogP contribution in [0.5, 0.6) is 0 Å². The normalized spacial score (nSPS) is 17.9. The Morgan fingerprint density at radius 3 is 2.34 bits per heavy atom. The lowest BCUT2D eigenvalue weighted by Gasteiger charge is -2.37. The summed E-state index contributed by atoms with van der Waals surface area (Å²) in [6.45, 7) is 7.04. The first kappa shape index (κ1) is 24.0. The van der Waals surface area contributed by atoms with Crippen LogP contribution in [-0.2, 0) is 20.7 Å². The number of nitrogens with zero attached hydrogens (tertiary/aromatic N) is 5. The molecule has 2 aliphatic rings. The summed E-state index contributed by atoms with van der Waals surface area (Å²) >= 11 is 0. The number of piperazine rings is 1. The summed E-state index contributed by atoms with van der Waals surface area (Å²) in [7, 11) is 3.48. The number of guanidine groups is 1. The summed E-state index contributed by atoms with van der Waals surface area (Å²) in [6, 6.07) is 10.3. The number of aliphatic imine (C=N–C) groups is 1. The lowest BCUT2D eigenvalue weighted by Crippen LogP contribution is -2.55. The minimum absolute atomic E-state index is 0.0258. The maximum atomic E-state index is 12.5. The number of morpholine rings is 1. The van der Waals surface area contributed by atoms with Crippen LogP contribution in [0.25, 0.3) is 0 Å². The monoisotopic (exact) mass is 444 g/mol. The van der Waals surface area contributed by atoms with Gasteiger partial charge in [-0.15, -0.1) is 0 Å². The molecule has 0 unspecified atom stereocenters. The number of hydrogen-bond donors (Lipinski definition) is 1. The first-order valence-electron chi connectivity index (χ1n) is 11.4. The molecule has 9 heteroatoms. The van der Waals surface area contributed by atoms with Crippen molar-refractivity contribution in [1.82, 2.24) is 24.9 Å². The molecule has 3 rings (SSSR count). The van der Waals surface area contributed by atoms with Crippen molar-refractivity contribution in [2.24, 2.45) is 4.99 Å². The van der Waals surface area contributed by atoms with Gasteiger partial charge < -0.3 is 24.8 Å². The average molecular weight is 445 g/mol. The summed E-state index contributed by atoms with van der Waals surface area (Å²) in [5.74, 6) is 0.908. The highest BCUT2D eigenvalue weighted by molar-refractivity contribution is 5.85. The number of carbonyl (C=O) groups is 2. The fourth-order valence-electron chi connectivity index (χ4n) is 3.74. The molecule has 32 heavy (non-hydrogen) atoms. The number of amides is 2. The Balaban J connectivity index is 1.51. The van der Waals surface area contributed by atoms with Crippen molar-refractivity contribution in [2.75, 3.05) is 86.2 Å². The van der Waals surface area contributed by atoms with E-state index >= 15 is 0 Å². The van der Waals surface area contributed by atoms with Gasteiger partial charge in [0.1, 0.15) is 6.54 Å². The lowest BCUT2D eigenvalue weighted by atomic mass is 10.1.